The first-order valence-electron chi connectivity index (χ1n) is 7.36. The molecule has 0 aromatic heterocycles. The van der Waals surface area contributed by atoms with E-state index in [1.807, 2.05) is 6.26 Å². The summed E-state index contributed by atoms with van der Waals surface area (Å²) in [5.41, 5.74) is 1.93. The Morgan fingerprint density at radius 3 is 2.47 bits per heavy atom. The van der Waals surface area contributed by atoms with Gasteiger partial charge in [-0.15, -0.1) is 0 Å². The van der Waals surface area contributed by atoms with Gasteiger partial charge in [0.15, 0.2) is 0 Å². The Balaban J connectivity index is 1.67. The van der Waals surface area contributed by atoms with Gasteiger partial charge in [0.2, 0.25) is 0 Å². The molecule has 1 fully saturated rings. The summed E-state index contributed by atoms with van der Waals surface area (Å²) in [6, 6.07) is 10.7. The fourth-order valence-corrected chi connectivity index (χ4v) is 3.38. The maximum Gasteiger partial charge on any atom is 0.0889 e. The van der Waals surface area contributed by atoms with Crippen LogP contribution in [-0.2, 0) is 4.74 Å². The maximum absolute atomic E-state index is 10.8. The van der Waals surface area contributed by atoms with Crippen LogP contribution in [0.25, 0.3) is 0 Å². The normalized spacial score (nSPS) is 31.4. The van der Waals surface area contributed by atoms with Gasteiger partial charge in [0, 0.05) is 0 Å². The van der Waals surface area contributed by atoms with Crippen LogP contribution in [0.1, 0.15) is 50.0 Å². The molecule has 1 aromatic rings. The molecule has 0 bridgehead atoms. The average molecular weight is 258 g/mol. The Bertz CT molecular complexity index is 442. The van der Waals surface area contributed by atoms with Crippen LogP contribution in [0.4, 0.5) is 0 Å². The monoisotopic (exact) mass is 258 g/mol. The van der Waals surface area contributed by atoms with Gasteiger partial charge < -0.3 is 9.84 Å². The number of aliphatic hydroxyl groups is 1. The van der Waals surface area contributed by atoms with Crippen molar-refractivity contribution in [2.24, 2.45) is 0 Å². The van der Waals surface area contributed by atoms with E-state index in [1.165, 1.54) is 5.56 Å². The van der Waals surface area contributed by atoms with Crippen molar-refractivity contribution in [1.82, 2.24) is 0 Å². The van der Waals surface area contributed by atoms with Crippen LogP contribution in [0, 0.1) is 0 Å². The molecule has 3 rings (SSSR count). The van der Waals surface area contributed by atoms with E-state index < -0.39 is 5.60 Å². The molecule has 0 unspecified atom stereocenters. The minimum atomic E-state index is -0.605. The first kappa shape index (κ1) is 12.7. The van der Waals surface area contributed by atoms with Crippen LogP contribution >= 0.6 is 0 Å². The molecule has 0 radical (unpaired) electrons. The minimum Gasteiger partial charge on any atom is -0.501 e. The van der Waals surface area contributed by atoms with Crippen LogP contribution in [0.15, 0.2) is 42.2 Å². The van der Waals surface area contributed by atoms with E-state index in [2.05, 4.69) is 30.3 Å². The van der Waals surface area contributed by atoms with E-state index in [-0.39, 0.29) is 0 Å². The zero-order chi connectivity index (χ0) is 13.1. The second-order valence-electron chi connectivity index (χ2n) is 5.83. The van der Waals surface area contributed by atoms with Gasteiger partial charge in [0.1, 0.15) is 0 Å². The Hall–Kier alpha value is -1.28. The third-order valence-corrected chi connectivity index (χ3v) is 4.62. The molecule has 2 aliphatic rings. The number of rotatable bonds is 2. The van der Waals surface area contributed by atoms with Gasteiger partial charge in [0.25, 0.3) is 0 Å². The quantitative estimate of drug-likeness (QED) is 0.875. The van der Waals surface area contributed by atoms with Crippen molar-refractivity contribution < 1.29 is 9.84 Å². The van der Waals surface area contributed by atoms with E-state index in [0.717, 1.165) is 50.7 Å². The Morgan fingerprint density at radius 1 is 1.11 bits per heavy atom. The molecule has 1 aromatic carbocycles. The third-order valence-electron chi connectivity index (χ3n) is 4.62. The summed E-state index contributed by atoms with van der Waals surface area (Å²) in [7, 11) is 0. The Morgan fingerprint density at radius 2 is 1.84 bits per heavy atom. The summed E-state index contributed by atoms with van der Waals surface area (Å²) >= 11 is 0. The lowest BCUT2D eigenvalue weighted by molar-refractivity contribution is 0.0222. The number of hydrogen-bond acceptors (Lipinski definition) is 2. The highest BCUT2D eigenvalue weighted by molar-refractivity contribution is 5.23. The third kappa shape index (κ3) is 2.69. The van der Waals surface area contributed by atoms with Crippen molar-refractivity contribution in [3.05, 3.63) is 47.7 Å². The number of ether oxygens (including phenoxy) is 1. The summed E-state index contributed by atoms with van der Waals surface area (Å²) in [5.74, 6) is 0.603. The predicted molar refractivity (Wildman–Crippen MR) is 75.9 cm³/mol. The number of hydrogen-bond donors (Lipinski definition) is 1. The molecule has 102 valence electrons. The number of benzene rings is 1. The average Bonchev–Trinajstić information content (AvgIpc) is 2.50. The lowest BCUT2D eigenvalue weighted by Crippen LogP contribution is -2.36. The lowest BCUT2D eigenvalue weighted by atomic mass is 9.72. The molecular weight excluding hydrogens is 236 g/mol. The van der Waals surface area contributed by atoms with Crippen LogP contribution in [0.5, 0.6) is 0 Å². The van der Waals surface area contributed by atoms with Gasteiger partial charge in [0.05, 0.1) is 18.5 Å². The molecule has 0 amide bonds. The van der Waals surface area contributed by atoms with Crippen molar-refractivity contribution in [2.75, 3.05) is 6.61 Å². The highest BCUT2D eigenvalue weighted by Crippen LogP contribution is 2.42. The predicted octanol–water partition coefficient (Wildman–Crippen LogP) is 3.77. The molecule has 1 saturated carbocycles. The van der Waals surface area contributed by atoms with Gasteiger partial charge >= 0.3 is 0 Å². The molecule has 1 heterocycles. The summed E-state index contributed by atoms with van der Waals surface area (Å²) in [6.45, 7) is 0.798. The minimum absolute atomic E-state index is 0.603. The van der Waals surface area contributed by atoms with Crippen LogP contribution in [0.2, 0.25) is 0 Å². The zero-order valence-corrected chi connectivity index (χ0v) is 11.3. The first-order valence-corrected chi connectivity index (χ1v) is 7.36. The van der Waals surface area contributed by atoms with Crippen LogP contribution < -0.4 is 0 Å². The van der Waals surface area contributed by atoms with Crippen molar-refractivity contribution >= 4 is 0 Å². The fourth-order valence-electron chi connectivity index (χ4n) is 3.38. The second kappa shape index (κ2) is 5.38. The summed E-state index contributed by atoms with van der Waals surface area (Å²) in [6.07, 6.45) is 7.70. The maximum atomic E-state index is 10.8. The fraction of sp³-hybridized carbons (Fsp3) is 0.529. The summed E-state index contributed by atoms with van der Waals surface area (Å²) in [5, 5.41) is 10.8. The molecule has 19 heavy (non-hydrogen) atoms. The van der Waals surface area contributed by atoms with Gasteiger partial charge in [-0.1, -0.05) is 30.3 Å². The van der Waals surface area contributed by atoms with E-state index in [1.54, 1.807) is 0 Å². The SMILES string of the molecule is OC1(C2=COCCC2)CCC(c2ccccc2)CC1. The molecule has 1 aliphatic carbocycles. The molecule has 1 N–H and O–H groups in total. The largest absolute Gasteiger partial charge is 0.501 e. The second-order valence-corrected chi connectivity index (χ2v) is 5.83. The molecule has 0 spiro atoms. The zero-order valence-electron chi connectivity index (χ0n) is 11.3. The van der Waals surface area contributed by atoms with Crippen molar-refractivity contribution in [3.63, 3.8) is 0 Å². The molecule has 0 saturated heterocycles. The molecular formula is C17H22O2. The summed E-state index contributed by atoms with van der Waals surface area (Å²) < 4.78 is 5.39. The highest BCUT2D eigenvalue weighted by atomic mass is 16.5. The van der Waals surface area contributed by atoms with Crippen LogP contribution in [-0.4, -0.2) is 17.3 Å². The van der Waals surface area contributed by atoms with Crippen molar-refractivity contribution in [2.45, 2.75) is 50.0 Å². The molecule has 2 nitrogen and oxygen atoms in total. The van der Waals surface area contributed by atoms with E-state index in [9.17, 15) is 5.11 Å². The van der Waals surface area contributed by atoms with Gasteiger partial charge in [-0.2, -0.15) is 0 Å². The summed E-state index contributed by atoms with van der Waals surface area (Å²) in [4.78, 5) is 0. The van der Waals surface area contributed by atoms with Crippen molar-refractivity contribution in [3.8, 4) is 0 Å². The molecule has 0 atom stereocenters. The van der Waals surface area contributed by atoms with Gasteiger partial charge in [-0.3, -0.25) is 0 Å². The van der Waals surface area contributed by atoms with E-state index >= 15 is 0 Å². The Kier molecular flexibility index (Phi) is 3.61. The standard InChI is InChI=1S/C17H22O2/c18-17(16-7-4-12-19-13-16)10-8-15(9-11-17)14-5-2-1-3-6-14/h1-3,5-6,13,15,18H,4,7-12H2. The van der Waals surface area contributed by atoms with Crippen LogP contribution in [0.3, 0.4) is 0 Å². The van der Waals surface area contributed by atoms with Gasteiger partial charge in [-0.25, -0.2) is 0 Å². The Labute approximate surface area is 115 Å². The van der Waals surface area contributed by atoms with Crippen molar-refractivity contribution in [1.29, 1.82) is 0 Å². The van der Waals surface area contributed by atoms with E-state index in [4.69, 9.17) is 4.74 Å². The smallest absolute Gasteiger partial charge is 0.0889 e. The molecule has 1 aliphatic heterocycles. The first-order chi connectivity index (χ1) is 9.28. The highest BCUT2D eigenvalue weighted by Gasteiger charge is 2.37. The molecule has 2 heteroatoms. The van der Waals surface area contributed by atoms with E-state index in [0.29, 0.717) is 5.92 Å². The topological polar surface area (TPSA) is 29.5 Å². The van der Waals surface area contributed by atoms with Gasteiger partial charge in [-0.05, 0) is 55.6 Å². The lowest BCUT2D eigenvalue weighted by Gasteiger charge is -2.38.